The predicted octanol–water partition coefficient (Wildman–Crippen LogP) is -0.663. The minimum absolute atomic E-state index is 0.0871. The van der Waals surface area contributed by atoms with Gasteiger partial charge in [0.25, 0.3) is 0 Å². The number of hydrogen-bond acceptors (Lipinski definition) is 4. The second-order valence-corrected chi connectivity index (χ2v) is 3.92. The van der Waals surface area contributed by atoms with Crippen molar-refractivity contribution >= 4 is 23.8 Å². The minimum Gasteiger partial charge on any atom is -0.480 e. The summed E-state index contributed by atoms with van der Waals surface area (Å²) in [4.78, 5) is 43.5. The minimum atomic E-state index is -1.23. The summed E-state index contributed by atoms with van der Waals surface area (Å²) in [7, 11) is 0. The van der Waals surface area contributed by atoms with Gasteiger partial charge in [0, 0.05) is 12.8 Å². The normalized spacial score (nSPS) is 11.4. The number of hydrogen-bond donors (Lipinski definition) is 4. The van der Waals surface area contributed by atoms with E-state index in [1.54, 1.807) is 6.92 Å². The second-order valence-electron chi connectivity index (χ2n) is 3.92. The lowest BCUT2D eigenvalue weighted by molar-refractivity contribution is -0.142. The van der Waals surface area contributed by atoms with Gasteiger partial charge in [-0.25, -0.2) is 4.79 Å². The Kier molecular flexibility index (Phi) is 7.90. The molecule has 0 aromatic rings. The van der Waals surface area contributed by atoms with Crippen LogP contribution in [-0.2, 0) is 19.2 Å². The van der Waals surface area contributed by atoms with E-state index in [1.807, 2.05) is 0 Å². The van der Waals surface area contributed by atoms with Crippen molar-refractivity contribution in [2.45, 2.75) is 38.6 Å². The molecule has 4 N–H and O–H groups in total. The standard InChI is InChI=1S/C11H18N2O6/c1-2-3-9(15)13-7(11(18)19)4-5-8(14)12-6-10(16)17/h7H,2-6H2,1H3,(H,12,14)(H,13,15)(H,16,17)(H,18,19)/t7-/m0/s1. The average Bonchev–Trinajstić information content (AvgIpc) is 2.31. The Balaban J connectivity index is 4.14. The van der Waals surface area contributed by atoms with Crippen LogP contribution in [0.15, 0.2) is 0 Å². The summed E-state index contributed by atoms with van der Waals surface area (Å²) in [5, 5.41) is 21.6. The highest BCUT2D eigenvalue weighted by Gasteiger charge is 2.20. The van der Waals surface area contributed by atoms with E-state index in [2.05, 4.69) is 10.6 Å². The van der Waals surface area contributed by atoms with Crippen LogP contribution in [0.5, 0.6) is 0 Å². The molecule has 108 valence electrons. The molecule has 0 aliphatic heterocycles. The molecule has 0 radical (unpaired) electrons. The number of carbonyl (C=O) groups is 4. The summed E-state index contributed by atoms with van der Waals surface area (Å²) in [6.45, 7) is 1.27. The van der Waals surface area contributed by atoms with Gasteiger partial charge in [0.2, 0.25) is 11.8 Å². The summed E-state index contributed by atoms with van der Waals surface area (Å²) in [5.41, 5.74) is 0. The third kappa shape index (κ3) is 8.58. The lowest BCUT2D eigenvalue weighted by atomic mass is 10.1. The van der Waals surface area contributed by atoms with Crippen molar-refractivity contribution in [3.05, 3.63) is 0 Å². The molecule has 0 saturated heterocycles. The molecule has 8 heteroatoms. The Bertz CT molecular complexity index is 355. The SMILES string of the molecule is CCCC(=O)N[C@@H](CCC(=O)NCC(=O)O)C(=O)O. The molecule has 0 fully saturated rings. The van der Waals surface area contributed by atoms with Crippen molar-refractivity contribution in [3.8, 4) is 0 Å². The molecular formula is C11H18N2O6. The van der Waals surface area contributed by atoms with E-state index in [9.17, 15) is 19.2 Å². The second kappa shape index (κ2) is 8.90. The first-order chi connectivity index (χ1) is 8.86. The zero-order valence-corrected chi connectivity index (χ0v) is 10.6. The highest BCUT2D eigenvalue weighted by atomic mass is 16.4. The maximum Gasteiger partial charge on any atom is 0.326 e. The molecule has 0 heterocycles. The zero-order valence-electron chi connectivity index (χ0n) is 10.6. The number of carbonyl (C=O) groups excluding carboxylic acids is 2. The van der Waals surface area contributed by atoms with Crippen molar-refractivity contribution in [2.75, 3.05) is 6.54 Å². The van der Waals surface area contributed by atoms with Crippen LogP contribution < -0.4 is 10.6 Å². The highest BCUT2D eigenvalue weighted by molar-refractivity contribution is 5.85. The third-order valence-electron chi connectivity index (χ3n) is 2.21. The molecule has 2 amide bonds. The molecular weight excluding hydrogens is 256 g/mol. The van der Waals surface area contributed by atoms with Gasteiger partial charge in [-0.2, -0.15) is 0 Å². The average molecular weight is 274 g/mol. The number of nitrogens with one attached hydrogen (secondary N) is 2. The van der Waals surface area contributed by atoms with Crippen molar-refractivity contribution in [3.63, 3.8) is 0 Å². The smallest absolute Gasteiger partial charge is 0.326 e. The van der Waals surface area contributed by atoms with Gasteiger partial charge in [-0.15, -0.1) is 0 Å². The summed E-state index contributed by atoms with van der Waals surface area (Å²) in [5.74, 6) is -3.37. The lowest BCUT2D eigenvalue weighted by Crippen LogP contribution is -2.41. The van der Waals surface area contributed by atoms with Gasteiger partial charge in [0.05, 0.1) is 0 Å². The van der Waals surface area contributed by atoms with Gasteiger partial charge in [0.1, 0.15) is 12.6 Å². The molecule has 0 unspecified atom stereocenters. The fourth-order valence-corrected chi connectivity index (χ4v) is 1.29. The Morgan fingerprint density at radius 1 is 1.05 bits per heavy atom. The van der Waals surface area contributed by atoms with Gasteiger partial charge < -0.3 is 20.8 Å². The van der Waals surface area contributed by atoms with Crippen molar-refractivity contribution in [1.29, 1.82) is 0 Å². The number of aliphatic carboxylic acids is 2. The maximum absolute atomic E-state index is 11.3. The van der Waals surface area contributed by atoms with Gasteiger partial charge in [-0.05, 0) is 12.8 Å². The third-order valence-corrected chi connectivity index (χ3v) is 2.21. The summed E-state index contributed by atoms with van der Waals surface area (Å²) in [6, 6.07) is -1.14. The van der Waals surface area contributed by atoms with E-state index in [1.165, 1.54) is 0 Å². The topological polar surface area (TPSA) is 133 Å². The fraction of sp³-hybridized carbons (Fsp3) is 0.636. The van der Waals surface area contributed by atoms with E-state index in [0.717, 1.165) is 0 Å². The largest absolute Gasteiger partial charge is 0.480 e. The molecule has 0 aliphatic rings. The van der Waals surface area contributed by atoms with Crippen LogP contribution in [0.4, 0.5) is 0 Å². The molecule has 0 saturated carbocycles. The Morgan fingerprint density at radius 2 is 1.68 bits per heavy atom. The highest BCUT2D eigenvalue weighted by Crippen LogP contribution is 1.99. The first kappa shape index (κ1) is 16.9. The molecule has 1 atom stereocenters. The van der Waals surface area contributed by atoms with Crippen molar-refractivity contribution in [2.24, 2.45) is 0 Å². The van der Waals surface area contributed by atoms with Gasteiger partial charge in [0.15, 0.2) is 0 Å². The zero-order chi connectivity index (χ0) is 14.8. The van der Waals surface area contributed by atoms with E-state index < -0.39 is 30.4 Å². The Morgan fingerprint density at radius 3 is 2.16 bits per heavy atom. The predicted molar refractivity (Wildman–Crippen MR) is 64.4 cm³/mol. The van der Waals surface area contributed by atoms with E-state index in [0.29, 0.717) is 6.42 Å². The van der Waals surface area contributed by atoms with E-state index >= 15 is 0 Å². The first-order valence-corrected chi connectivity index (χ1v) is 5.87. The van der Waals surface area contributed by atoms with E-state index in [-0.39, 0.29) is 25.2 Å². The Hall–Kier alpha value is -2.12. The summed E-state index contributed by atoms with van der Waals surface area (Å²) in [6.07, 6.45) is 0.555. The maximum atomic E-state index is 11.3. The molecule has 0 aromatic carbocycles. The first-order valence-electron chi connectivity index (χ1n) is 5.87. The van der Waals surface area contributed by atoms with Crippen LogP contribution >= 0.6 is 0 Å². The monoisotopic (exact) mass is 274 g/mol. The van der Waals surface area contributed by atoms with Crippen LogP contribution in [0.3, 0.4) is 0 Å². The molecule has 0 aromatic heterocycles. The van der Waals surface area contributed by atoms with Gasteiger partial charge in [-0.3, -0.25) is 14.4 Å². The number of carboxylic acids is 2. The molecule has 0 bridgehead atoms. The van der Waals surface area contributed by atoms with Crippen molar-refractivity contribution < 1.29 is 29.4 Å². The molecule has 0 spiro atoms. The summed E-state index contributed by atoms with van der Waals surface area (Å²) >= 11 is 0. The van der Waals surface area contributed by atoms with Gasteiger partial charge >= 0.3 is 11.9 Å². The van der Waals surface area contributed by atoms with Crippen LogP contribution in [0.1, 0.15) is 32.6 Å². The van der Waals surface area contributed by atoms with Crippen LogP contribution in [0.25, 0.3) is 0 Å². The van der Waals surface area contributed by atoms with Crippen LogP contribution in [0, 0.1) is 0 Å². The lowest BCUT2D eigenvalue weighted by Gasteiger charge is -2.13. The van der Waals surface area contributed by atoms with Crippen LogP contribution in [0.2, 0.25) is 0 Å². The molecule has 0 aliphatic carbocycles. The number of amides is 2. The molecule has 0 rings (SSSR count). The van der Waals surface area contributed by atoms with Crippen molar-refractivity contribution in [1.82, 2.24) is 10.6 Å². The van der Waals surface area contributed by atoms with Gasteiger partial charge in [-0.1, -0.05) is 6.92 Å². The van der Waals surface area contributed by atoms with Crippen LogP contribution in [-0.4, -0.2) is 46.6 Å². The van der Waals surface area contributed by atoms with E-state index in [4.69, 9.17) is 10.2 Å². The number of rotatable bonds is 9. The molecule has 19 heavy (non-hydrogen) atoms. The quantitative estimate of drug-likeness (QED) is 0.441. The Labute approximate surface area is 110 Å². The summed E-state index contributed by atoms with van der Waals surface area (Å²) < 4.78 is 0. The molecule has 8 nitrogen and oxygen atoms in total. The fourth-order valence-electron chi connectivity index (χ4n) is 1.29. The number of carboxylic acid groups (broad SMARTS) is 2.